The summed E-state index contributed by atoms with van der Waals surface area (Å²) in [4.78, 5) is 34.6. The number of benzene rings is 1. The van der Waals surface area contributed by atoms with Gasteiger partial charge in [-0.3, -0.25) is 14.6 Å². The van der Waals surface area contributed by atoms with Gasteiger partial charge in [-0.2, -0.15) is 0 Å². The molecule has 154 valence electrons. The lowest BCUT2D eigenvalue weighted by Gasteiger charge is -2.35. The highest BCUT2D eigenvalue weighted by molar-refractivity contribution is 6.06. The first-order chi connectivity index (χ1) is 14.0. The maximum absolute atomic E-state index is 13.4. The van der Waals surface area contributed by atoms with Crippen LogP contribution in [-0.2, 0) is 9.53 Å². The van der Waals surface area contributed by atoms with E-state index in [0.29, 0.717) is 39.4 Å². The summed E-state index contributed by atoms with van der Waals surface area (Å²) in [5.74, 6) is 0.528. The molecule has 0 saturated carbocycles. The number of amides is 2. The number of fused-ring (bicyclic) bond motifs is 1. The average Bonchev–Trinajstić information content (AvgIpc) is 2.78. The summed E-state index contributed by atoms with van der Waals surface area (Å²) in [5.41, 5.74) is 2.51. The molecule has 2 aliphatic heterocycles. The Morgan fingerprint density at radius 3 is 2.41 bits per heavy atom. The van der Waals surface area contributed by atoms with Gasteiger partial charge in [-0.25, -0.2) is 0 Å². The molecule has 0 spiro atoms. The molecule has 0 aliphatic carbocycles. The molecule has 29 heavy (non-hydrogen) atoms. The van der Waals surface area contributed by atoms with Crippen molar-refractivity contribution in [1.82, 2.24) is 14.8 Å². The van der Waals surface area contributed by atoms with Crippen molar-refractivity contribution in [2.45, 2.75) is 32.6 Å². The summed E-state index contributed by atoms with van der Waals surface area (Å²) >= 11 is 0. The van der Waals surface area contributed by atoms with E-state index in [-0.39, 0.29) is 23.7 Å². The molecule has 2 aromatic rings. The summed E-state index contributed by atoms with van der Waals surface area (Å²) in [6.07, 6.45) is 1.45. The van der Waals surface area contributed by atoms with Crippen molar-refractivity contribution >= 4 is 22.7 Å². The molecule has 1 aromatic heterocycles. The maximum Gasteiger partial charge on any atom is 0.254 e. The summed E-state index contributed by atoms with van der Waals surface area (Å²) in [6.45, 7) is 8.02. The monoisotopic (exact) mass is 395 g/mol. The fraction of sp³-hybridized carbons (Fsp3) is 0.522. The third kappa shape index (κ3) is 4.13. The Hall–Kier alpha value is -2.47. The Labute approximate surface area is 171 Å². The molecule has 4 rings (SSSR count). The van der Waals surface area contributed by atoms with Crippen molar-refractivity contribution in [3.63, 3.8) is 0 Å². The van der Waals surface area contributed by atoms with Gasteiger partial charge in [0.25, 0.3) is 5.91 Å². The predicted molar refractivity (Wildman–Crippen MR) is 112 cm³/mol. The first-order valence-electron chi connectivity index (χ1n) is 10.6. The van der Waals surface area contributed by atoms with Gasteiger partial charge in [0.1, 0.15) is 0 Å². The van der Waals surface area contributed by atoms with Gasteiger partial charge in [0.15, 0.2) is 0 Å². The van der Waals surface area contributed by atoms with E-state index < -0.39 is 0 Å². The second-order valence-electron chi connectivity index (χ2n) is 8.27. The van der Waals surface area contributed by atoms with Gasteiger partial charge in [-0.15, -0.1) is 0 Å². The Morgan fingerprint density at radius 2 is 1.72 bits per heavy atom. The number of rotatable bonds is 3. The van der Waals surface area contributed by atoms with Crippen LogP contribution in [0.15, 0.2) is 30.3 Å². The molecule has 2 amide bonds. The van der Waals surface area contributed by atoms with Crippen molar-refractivity contribution in [2.24, 2.45) is 5.92 Å². The molecular weight excluding hydrogens is 366 g/mol. The lowest BCUT2D eigenvalue weighted by molar-refractivity contribution is -0.141. The number of carbonyl (C=O) groups excluding carboxylic acids is 2. The molecule has 6 nitrogen and oxygen atoms in total. The van der Waals surface area contributed by atoms with Crippen molar-refractivity contribution < 1.29 is 14.3 Å². The second-order valence-corrected chi connectivity index (χ2v) is 8.27. The van der Waals surface area contributed by atoms with Gasteiger partial charge in [-0.05, 0) is 30.9 Å². The zero-order valence-electron chi connectivity index (χ0n) is 17.3. The van der Waals surface area contributed by atoms with Crippen LogP contribution in [-0.4, -0.2) is 66.0 Å². The summed E-state index contributed by atoms with van der Waals surface area (Å²) in [6, 6.07) is 9.78. The minimum absolute atomic E-state index is 0.0116. The number of pyridine rings is 1. The van der Waals surface area contributed by atoms with Crippen molar-refractivity contribution in [3.05, 3.63) is 41.6 Å². The van der Waals surface area contributed by atoms with Crippen LogP contribution in [0.4, 0.5) is 0 Å². The smallest absolute Gasteiger partial charge is 0.254 e. The van der Waals surface area contributed by atoms with E-state index >= 15 is 0 Å². The zero-order valence-corrected chi connectivity index (χ0v) is 17.3. The topological polar surface area (TPSA) is 62.7 Å². The largest absolute Gasteiger partial charge is 0.378 e. The number of hydrogen-bond acceptors (Lipinski definition) is 4. The van der Waals surface area contributed by atoms with Gasteiger partial charge in [0.2, 0.25) is 5.91 Å². The first-order valence-corrected chi connectivity index (χ1v) is 10.6. The molecular formula is C23H29N3O3. The van der Waals surface area contributed by atoms with E-state index in [0.717, 1.165) is 35.0 Å². The van der Waals surface area contributed by atoms with Crippen LogP contribution in [0, 0.1) is 5.92 Å². The summed E-state index contributed by atoms with van der Waals surface area (Å²) in [7, 11) is 0. The summed E-state index contributed by atoms with van der Waals surface area (Å²) < 4.78 is 5.34. The Kier molecular flexibility index (Phi) is 5.81. The SMILES string of the molecule is CC(C)c1cc(C(=O)N2CCC(C(=O)N3CCOCC3)CC2)c2ccccc2n1. The lowest BCUT2D eigenvalue weighted by atomic mass is 9.94. The summed E-state index contributed by atoms with van der Waals surface area (Å²) in [5, 5.41) is 0.897. The molecule has 3 heterocycles. The highest BCUT2D eigenvalue weighted by Gasteiger charge is 2.31. The number of hydrogen-bond donors (Lipinski definition) is 0. The van der Waals surface area contributed by atoms with Crippen molar-refractivity contribution in [3.8, 4) is 0 Å². The van der Waals surface area contributed by atoms with Crippen LogP contribution in [0.5, 0.6) is 0 Å². The van der Waals surface area contributed by atoms with Crippen LogP contribution in [0.25, 0.3) is 10.9 Å². The van der Waals surface area contributed by atoms with Gasteiger partial charge in [0.05, 0.1) is 24.3 Å². The quantitative estimate of drug-likeness (QED) is 0.801. The Morgan fingerprint density at radius 1 is 1.03 bits per heavy atom. The number of morpholine rings is 1. The van der Waals surface area contributed by atoms with Gasteiger partial charge < -0.3 is 14.5 Å². The minimum atomic E-state index is 0.0116. The first kappa shape index (κ1) is 19.8. The molecule has 2 aliphatic rings. The van der Waals surface area contributed by atoms with E-state index in [1.807, 2.05) is 40.1 Å². The van der Waals surface area contributed by atoms with Crippen molar-refractivity contribution in [2.75, 3.05) is 39.4 Å². The maximum atomic E-state index is 13.4. The molecule has 0 bridgehead atoms. The number of aromatic nitrogens is 1. The van der Waals surface area contributed by atoms with Crippen molar-refractivity contribution in [1.29, 1.82) is 0 Å². The lowest BCUT2D eigenvalue weighted by Crippen LogP contribution is -2.47. The fourth-order valence-electron chi connectivity index (χ4n) is 4.21. The van der Waals surface area contributed by atoms with Gasteiger partial charge in [-0.1, -0.05) is 32.0 Å². The van der Waals surface area contributed by atoms with E-state index in [9.17, 15) is 9.59 Å². The molecule has 0 radical (unpaired) electrons. The molecule has 0 unspecified atom stereocenters. The normalized spacial score (nSPS) is 18.4. The number of carbonyl (C=O) groups is 2. The number of likely N-dealkylation sites (tertiary alicyclic amines) is 1. The third-order valence-corrected chi connectivity index (χ3v) is 6.01. The van der Waals surface area contributed by atoms with Crippen LogP contribution in [0.1, 0.15) is 48.7 Å². The number of ether oxygens (including phenoxy) is 1. The van der Waals surface area contributed by atoms with E-state index in [2.05, 4.69) is 13.8 Å². The second kappa shape index (κ2) is 8.49. The fourth-order valence-corrected chi connectivity index (χ4v) is 4.21. The number of para-hydroxylation sites is 1. The molecule has 0 atom stereocenters. The highest BCUT2D eigenvalue weighted by atomic mass is 16.5. The Bertz CT molecular complexity index is 897. The number of piperidine rings is 1. The zero-order chi connectivity index (χ0) is 20.4. The van der Waals surface area contributed by atoms with Crippen LogP contribution >= 0.6 is 0 Å². The van der Waals surface area contributed by atoms with E-state index in [1.165, 1.54) is 0 Å². The minimum Gasteiger partial charge on any atom is -0.378 e. The number of nitrogens with zero attached hydrogens (tertiary/aromatic N) is 3. The molecule has 1 aromatic carbocycles. The molecule has 6 heteroatoms. The standard InChI is InChI=1S/C23H29N3O3/c1-16(2)21-15-19(18-5-3-4-6-20(18)24-21)23(28)25-9-7-17(8-10-25)22(27)26-11-13-29-14-12-26/h3-6,15-17H,7-14H2,1-2H3. The van der Waals surface area contributed by atoms with Crippen LogP contribution < -0.4 is 0 Å². The predicted octanol–water partition coefficient (Wildman–Crippen LogP) is 3.07. The van der Waals surface area contributed by atoms with Crippen LogP contribution in [0.3, 0.4) is 0 Å². The van der Waals surface area contributed by atoms with Crippen LogP contribution in [0.2, 0.25) is 0 Å². The Balaban J connectivity index is 1.49. The highest BCUT2D eigenvalue weighted by Crippen LogP contribution is 2.26. The van der Waals surface area contributed by atoms with Gasteiger partial charge in [0, 0.05) is 43.2 Å². The van der Waals surface area contributed by atoms with E-state index in [1.54, 1.807) is 0 Å². The molecule has 2 saturated heterocycles. The van der Waals surface area contributed by atoms with E-state index in [4.69, 9.17) is 9.72 Å². The molecule has 2 fully saturated rings. The third-order valence-electron chi connectivity index (χ3n) is 6.01. The molecule has 0 N–H and O–H groups in total. The average molecular weight is 396 g/mol. The van der Waals surface area contributed by atoms with Gasteiger partial charge >= 0.3 is 0 Å².